The second-order valence-corrected chi connectivity index (χ2v) is 5.24. The zero-order chi connectivity index (χ0) is 17.1. The summed E-state index contributed by atoms with van der Waals surface area (Å²) in [4.78, 5) is 16.5. The Kier molecular flexibility index (Phi) is 5.67. The molecular weight excluding hydrogens is 342 g/mol. The van der Waals surface area contributed by atoms with E-state index in [4.69, 9.17) is 4.74 Å². The molecule has 0 spiro atoms. The third kappa shape index (κ3) is 3.92. The normalized spacial score (nSPS) is 10.6. The van der Waals surface area contributed by atoms with Gasteiger partial charge in [0.1, 0.15) is 0 Å². The van der Waals surface area contributed by atoms with Crippen molar-refractivity contribution in [3.63, 3.8) is 0 Å². The van der Waals surface area contributed by atoms with Gasteiger partial charge in [0, 0.05) is 13.1 Å². The van der Waals surface area contributed by atoms with Crippen molar-refractivity contribution < 1.29 is 14.6 Å². The van der Waals surface area contributed by atoms with Crippen molar-refractivity contribution in [2.45, 2.75) is 0 Å². The van der Waals surface area contributed by atoms with Crippen molar-refractivity contribution in [3.8, 4) is 11.5 Å². The highest BCUT2D eigenvalue weighted by Crippen LogP contribution is 2.26. The first kappa shape index (κ1) is 18.4. The maximum atomic E-state index is 12.1. The van der Waals surface area contributed by atoms with Gasteiger partial charge in [-0.15, -0.1) is 12.4 Å². The van der Waals surface area contributed by atoms with E-state index in [0.717, 1.165) is 11.0 Å². The van der Waals surface area contributed by atoms with Crippen LogP contribution in [-0.2, 0) is 11.8 Å². The van der Waals surface area contributed by atoms with Crippen LogP contribution in [-0.4, -0.2) is 27.7 Å². The Morgan fingerprint density at radius 2 is 2.04 bits per heavy atom. The molecule has 0 fully saturated rings. The molecule has 0 bridgehead atoms. The zero-order valence-electron chi connectivity index (χ0n) is 13.8. The summed E-state index contributed by atoms with van der Waals surface area (Å²) in [6.07, 6.45) is 3.00. The third-order valence-corrected chi connectivity index (χ3v) is 3.65. The standard InChI is InChI=1S/C18H17N3O3.ClH/c1-21-14-6-4-3-5-13(14)19-18(21)20-17(23)10-8-12-7-9-16(24-2)15(22)11-12;/h3-11,22H,1-2H3,(H,19,20,23);1H. The summed E-state index contributed by atoms with van der Waals surface area (Å²) in [5.41, 5.74) is 2.45. The van der Waals surface area contributed by atoms with Gasteiger partial charge in [-0.1, -0.05) is 18.2 Å². The Hall–Kier alpha value is -2.99. The number of aromatic nitrogens is 2. The van der Waals surface area contributed by atoms with Crippen LogP contribution in [0.1, 0.15) is 5.56 Å². The number of carbonyl (C=O) groups is 1. The number of nitrogens with one attached hydrogen (secondary N) is 1. The average molecular weight is 360 g/mol. The quantitative estimate of drug-likeness (QED) is 0.700. The summed E-state index contributed by atoms with van der Waals surface area (Å²) in [7, 11) is 3.32. The van der Waals surface area contributed by atoms with Crippen LogP contribution in [0.15, 0.2) is 48.5 Å². The molecule has 6 nitrogen and oxygen atoms in total. The molecule has 2 N–H and O–H groups in total. The lowest BCUT2D eigenvalue weighted by molar-refractivity contribution is -0.111. The first-order valence-electron chi connectivity index (χ1n) is 7.36. The fraction of sp³-hybridized carbons (Fsp3) is 0.111. The summed E-state index contributed by atoms with van der Waals surface area (Å²) in [6, 6.07) is 12.6. The minimum absolute atomic E-state index is 0. The molecule has 130 valence electrons. The van der Waals surface area contributed by atoms with E-state index in [9.17, 15) is 9.90 Å². The molecule has 0 unspecified atom stereocenters. The summed E-state index contributed by atoms with van der Waals surface area (Å²) >= 11 is 0. The number of hydrogen-bond donors (Lipinski definition) is 2. The van der Waals surface area contributed by atoms with Gasteiger partial charge in [0.2, 0.25) is 5.95 Å². The van der Waals surface area contributed by atoms with Crippen molar-refractivity contribution in [3.05, 3.63) is 54.1 Å². The van der Waals surface area contributed by atoms with Gasteiger partial charge in [-0.05, 0) is 35.9 Å². The van der Waals surface area contributed by atoms with Crippen LogP contribution >= 0.6 is 12.4 Å². The lowest BCUT2D eigenvalue weighted by atomic mass is 10.2. The van der Waals surface area contributed by atoms with Gasteiger partial charge in [0.15, 0.2) is 11.5 Å². The molecule has 25 heavy (non-hydrogen) atoms. The van der Waals surface area contributed by atoms with Crippen LogP contribution in [0.25, 0.3) is 17.1 Å². The fourth-order valence-electron chi connectivity index (χ4n) is 2.39. The number of phenols is 1. The van der Waals surface area contributed by atoms with Gasteiger partial charge in [-0.3, -0.25) is 10.1 Å². The summed E-state index contributed by atoms with van der Waals surface area (Å²) < 4.78 is 6.80. The van der Waals surface area contributed by atoms with Crippen LogP contribution in [0.2, 0.25) is 0 Å². The van der Waals surface area contributed by atoms with E-state index >= 15 is 0 Å². The van der Waals surface area contributed by atoms with Crippen molar-refractivity contribution >= 4 is 41.4 Å². The van der Waals surface area contributed by atoms with E-state index in [1.165, 1.54) is 19.3 Å². The van der Waals surface area contributed by atoms with Crippen LogP contribution in [0.4, 0.5) is 5.95 Å². The molecule has 1 aromatic heterocycles. The number of phenolic OH excluding ortho intramolecular Hbond substituents is 1. The maximum absolute atomic E-state index is 12.1. The molecule has 0 saturated carbocycles. The number of hydrogen-bond acceptors (Lipinski definition) is 4. The molecule has 0 saturated heterocycles. The van der Waals surface area contributed by atoms with Crippen LogP contribution in [0.5, 0.6) is 11.5 Å². The van der Waals surface area contributed by atoms with E-state index < -0.39 is 0 Å². The molecule has 0 aliphatic carbocycles. The fourth-order valence-corrected chi connectivity index (χ4v) is 2.39. The molecule has 1 heterocycles. The average Bonchev–Trinajstić information content (AvgIpc) is 2.89. The monoisotopic (exact) mass is 359 g/mol. The summed E-state index contributed by atoms with van der Waals surface area (Å²) in [6.45, 7) is 0. The Morgan fingerprint density at radius 1 is 1.28 bits per heavy atom. The van der Waals surface area contributed by atoms with Crippen molar-refractivity contribution in [2.24, 2.45) is 7.05 Å². The Labute approximate surface area is 151 Å². The van der Waals surface area contributed by atoms with Gasteiger partial charge < -0.3 is 14.4 Å². The number of aromatic hydroxyl groups is 1. The predicted molar refractivity (Wildman–Crippen MR) is 100 cm³/mol. The number of nitrogens with zero attached hydrogens (tertiary/aromatic N) is 2. The minimum Gasteiger partial charge on any atom is -0.504 e. The van der Waals surface area contributed by atoms with Gasteiger partial charge in [0.25, 0.3) is 5.91 Å². The van der Waals surface area contributed by atoms with E-state index in [-0.39, 0.29) is 24.1 Å². The molecule has 3 rings (SSSR count). The number of imidazole rings is 1. The highest BCUT2D eigenvalue weighted by Gasteiger charge is 2.08. The van der Waals surface area contributed by atoms with Crippen LogP contribution in [0, 0.1) is 0 Å². The molecule has 1 amide bonds. The Morgan fingerprint density at radius 3 is 2.72 bits per heavy atom. The number of anilines is 1. The van der Waals surface area contributed by atoms with Crippen LogP contribution < -0.4 is 10.1 Å². The number of ether oxygens (including phenoxy) is 1. The second kappa shape index (κ2) is 7.72. The van der Waals surface area contributed by atoms with Crippen LogP contribution in [0.3, 0.4) is 0 Å². The molecule has 0 aliphatic heterocycles. The largest absolute Gasteiger partial charge is 0.504 e. The Bertz CT molecular complexity index is 934. The molecule has 2 aromatic carbocycles. The van der Waals surface area contributed by atoms with E-state index in [2.05, 4.69) is 10.3 Å². The minimum atomic E-state index is -0.302. The third-order valence-electron chi connectivity index (χ3n) is 3.65. The first-order chi connectivity index (χ1) is 11.6. The first-order valence-corrected chi connectivity index (χ1v) is 7.36. The molecule has 7 heteroatoms. The van der Waals surface area contributed by atoms with E-state index in [0.29, 0.717) is 17.3 Å². The summed E-state index contributed by atoms with van der Waals surface area (Å²) in [5.74, 6) is 0.582. The van der Waals surface area contributed by atoms with Gasteiger partial charge in [-0.2, -0.15) is 0 Å². The molecular formula is C18H18ClN3O3. The molecule has 3 aromatic rings. The molecule has 0 radical (unpaired) electrons. The van der Waals surface area contributed by atoms with Gasteiger partial charge in [-0.25, -0.2) is 4.98 Å². The van der Waals surface area contributed by atoms with E-state index in [1.807, 2.05) is 35.9 Å². The number of halogens is 1. The van der Waals surface area contributed by atoms with Gasteiger partial charge >= 0.3 is 0 Å². The second-order valence-electron chi connectivity index (χ2n) is 5.24. The van der Waals surface area contributed by atoms with Gasteiger partial charge in [0.05, 0.1) is 18.1 Å². The number of benzene rings is 2. The highest BCUT2D eigenvalue weighted by molar-refractivity contribution is 6.01. The maximum Gasteiger partial charge on any atom is 0.250 e. The lowest BCUT2D eigenvalue weighted by Gasteiger charge is -2.04. The number of methoxy groups -OCH3 is 1. The number of amides is 1. The SMILES string of the molecule is COc1ccc(C=CC(=O)Nc2nc3ccccc3n2C)cc1O.Cl. The number of rotatable bonds is 4. The predicted octanol–water partition coefficient (Wildman–Crippen LogP) is 3.36. The molecule has 0 atom stereocenters. The van der Waals surface area contributed by atoms with Crippen molar-refractivity contribution in [1.29, 1.82) is 0 Å². The lowest BCUT2D eigenvalue weighted by Crippen LogP contribution is -2.11. The number of para-hydroxylation sites is 2. The molecule has 0 aliphatic rings. The Balaban J connectivity index is 0.00000225. The zero-order valence-corrected chi connectivity index (χ0v) is 14.6. The van der Waals surface area contributed by atoms with E-state index in [1.54, 1.807) is 18.2 Å². The number of aryl methyl sites for hydroxylation is 1. The van der Waals surface area contributed by atoms with Crippen molar-refractivity contribution in [2.75, 3.05) is 12.4 Å². The number of fused-ring (bicyclic) bond motifs is 1. The smallest absolute Gasteiger partial charge is 0.250 e. The number of carbonyl (C=O) groups excluding carboxylic acids is 1. The topological polar surface area (TPSA) is 76.4 Å². The highest BCUT2D eigenvalue weighted by atomic mass is 35.5. The summed E-state index contributed by atoms with van der Waals surface area (Å²) in [5, 5.41) is 12.5. The van der Waals surface area contributed by atoms with Crippen molar-refractivity contribution in [1.82, 2.24) is 9.55 Å².